The van der Waals surface area contributed by atoms with E-state index in [0.717, 1.165) is 0 Å². The largest absolute Gasteiger partial charge is 0.573 e. The molecule has 0 aliphatic rings. The van der Waals surface area contributed by atoms with Crippen molar-refractivity contribution in [3.05, 3.63) is 58.2 Å². The summed E-state index contributed by atoms with van der Waals surface area (Å²) in [5, 5.41) is 4.47. The van der Waals surface area contributed by atoms with Gasteiger partial charge < -0.3 is 24.1 Å². The Kier molecular flexibility index (Phi) is 8.75. The van der Waals surface area contributed by atoms with Gasteiger partial charge in [0.15, 0.2) is 4.80 Å². The zero-order chi connectivity index (χ0) is 26.3. The van der Waals surface area contributed by atoms with Gasteiger partial charge >= 0.3 is 6.36 Å². The molecule has 3 rings (SSSR count). The summed E-state index contributed by atoms with van der Waals surface area (Å²) in [6.07, 6.45) is -4.26. The second-order valence-electron chi connectivity index (χ2n) is 7.45. The third-order valence-electron chi connectivity index (χ3n) is 4.95. The summed E-state index contributed by atoms with van der Waals surface area (Å²) in [5.74, 6) is -0.222. The first-order valence-corrected chi connectivity index (χ1v) is 11.6. The van der Waals surface area contributed by atoms with Crippen molar-refractivity contribution in [3.63, 3.8) is 0 Å². The molecule has 2 amide bonds. The lowest BCUT2D eigenvalue weighted by molar-refractivity contribution is -0.274. The van der Waals surface area contributed by atoms with Gasteiger partial charge in [0.1, 0.15) is 17.2 Å². The molecule has 0 saturated carbocycles. The quantitative estimate of drug-likeness (QED) is 0.420. The average molecular weight is 524 g/mol. The van der Waals surface area contributed by atoms with Crippen LogP contribution in [0, 0.1) is 0 Å². The Morgan fingerprint density at radius 2 is 1.75 bits per heavy atom. The normalized spacial score (nSPS) is 11.8. The van der Waals surface area contributed by atoms with Crippen LogP contribution >= 0.6 is 11.3 Å². The highest BCUT2D eigenvalue weighted by Crippen LogP contribution is 2.28. The molecule has 1 aromatic heterocycles. The SMILES string of the molecule is COc1ccc(C(=O)N=c2scc(-c3ccc(OC(F)(F)F)cc3)n2CCCNC(C)=O)c(OC)c1. The molecule has 1 heterocycles. The summed E-state index contributed by atoms with van der Waals surface area (Å²) in [5.41, 5.74) is 1.50. The van der Waals surface area contributed by atoms with E-state index in [1.54, 1.807) is 28.1 Å². The molecular formula is C24H24F3N3O5S. The van der Waals surface area contributed by atoms with Crippen LogP contribution in [0.5, 0.6) is 17.2 Å². The first kappa shape index (κ1) is 26.8. The lowest BCUT2D eigenvalue weighted by Gasteiger charge is -2.12. The topological polar surface area (TPSA) is 91.1 Å². The highest BCUT2D eigenvalue weighted by Gasteiger charge is 2.31. The van der Waals surface area contributed by atoms with E-state index < -0.39 is 12.3 Å². The second kappa shape index (κ2) is 11.8. The molecule has 0 saturated heterocycles. The van der Waals surface area contributed by atoms with Gasteiger partial charge in [-0.1, -0.05) is 0 Å². The predicted octanol–water partition coefficient (Wildman–Crippen LogP) is 4.40. The van der Waals surface area contributed by atoms with Gasteiger partial charge in [-0.3, -0.25) is 9.59 Å². The van der Waals surface area contributed by atoms with Gasteiger partial charge in [0, 0.05) is 31.5 Å². The fourth-order valence-electron chi connectivity index (χ4n) is 3.32. The number of ether oxygens (including phenoxy) is 3. The van der Waals surface area contributed by atoms with Gasteiger partial charge in [0.25, 0.3) is 5.91 Å². The van der Waals surface area contributed by atoms with Crippen molar-refractivity contribution in [3.8, 4) is 28.5 Å². The van der Waals surface area contributed by atoms with Crippen LogP contribution in [-0.2, 0) is 11.3 Å². The number of nitrogens with one attached hydrogen (secondary N) is 1. The summed E-state index contributed by atoms with van der Waals surface area (Å²) in [4.78, 5) is 28.9. The maximum atomic E-state index is 13.0. The van der Waals surface area contributed by atoms with Gasteiger partial charge in [0.2, 0.25) is 5.91 Å². The van der Waals surface area contributed by atoms with E-state index in [-0.39, 0.29) is 17.2 Å². The van der Waals surface area contributed by atoms with Gasteiger partial charge in [0.05, 0.1) is 25.5 Å². The molecule has 192 valence electrons. The highest BCUT2D eigenvalue weighted by molar-refractivity contribution is 7.07. The monoisotopic (exact) mass is 523 g/mol. The van der Waals surface area contributed by atoms with Crippen molar-refractivity contribution in [2.75, 3.05) is 20.8 Å². The van der Waals surface area contributed by atoms with Crippen molar-refractivity contribution in [2.45, 2.75) is 26.3 Å². The number of benzene rings is 2. The van der Waals surface area contributed by atoms with E-state index in [4.69, 9.17) is 9.47 Å². The molecule has 0 fully saturated rings. The van der Waals surface area contributed by atoms with Crippen LogP contribution in [0.1, 0.15) is 23.7 Å². The van der Waals surface area contributed by atoms with Crippen LogP contribution in [0.3, 0.4) is 0 Å². The Hall–Kier alpha value is -3.80. The maximum absolute atomic E-state index is 13.0. The molecule has 1 N–H and O–H groups in total. The zero-order valence-corrected chi connectivity index (χ0v) is 20.5. The second-order valence-corrected chi connectivity index (χ2v) is 8.28. The highest BCUT2D eigenvalue weighted by atomic mass is 32.1. The van der Waals surface area contributed by atoms with E-state index in [0.29, 0.717) is 47.1 Å². The molecule has 0 bridgehead atoms. The molecule has 3 aromatic rings. The van der Waals surface area contributed by atoms with Gasteiger partial charge in [-0.15, -0.1) is 24.5 Å². The smallest absolute Gasteiger partial charge is 0.497 e. The fourth-order valence-corrected chi connectivity index (χ4v) is 4.25. The molecule has 0 spiro atoms. The number of nitrogens with zero attached hydrogens (tertiary/aromatic N) is 2. The van der Waals surface area contributed by atoms with Crippen molar-refractivity contribution >= 4 is 23.2 Å². The Balaban J connectivity index is 1.97. The number of carbonyl (C=O) groups excluding carboxylic acids is 2. The molecule has 0 aliphatic heterocycles. The van der Waals surface area contributed by atoms with Crippen LogP contribution < -0.4 is 24.3 Å². The van der Waals surface area contributed by atoms with Crippen LogP contribution in [0.15, 0.2) is 52.8 Å². The molecule has 0 unspecified atom stereocenters. The maximum Gasteiger partial charge on any atom is 0.573 e. The van der Waals surface area contributed by atoms with E-state index >= 15 is 0 Å². The number of carbonyl (C=O) groups is 2. The van der Waals surface area contributed by atoms with Gasteiger partial charge in [-0.2, -0.15) is 4.99 Å². The lowest BCUT2D eigenvalue weighted by atomic mass is 10.1. The third-order valence-corrected chi connectivity index (χ3v) is 5.81. The summed E-state index contributed by atoms with van der Waals surface area (Å²) >= 11 is 1.21. The number of hydrogen-bond donors (Lipinski definition) is 1. The van der Waals surface area contributed by atoms with Crippen LogP contribution in [-0.4, -0.2) is 43.5 Å². The van der Waals surface area contributed by atoms with E-state index in [9.17, 15) is 22.8 Å². The van der Waals surface area contributed by atoms with E-state index in [1.807, 2.05) is 0 Å². The summed E-state index contributed by atoms with van der Waals surface area (Å²) in [6, 6.07) is 10.2. The number of thiazole rings is 1. The molecule has 12 heteroatoms. The number of alkyl halides is 3. The van der Waals surface area contributed by atoms with Crippen LogP contribution in [0.2, 0.25) is 0 Å². The fraction of sp³-hybridized carbons (Fsp3) is 0.292. The number of halogens is 3. The van der Waals surface area contributed by atoms with Crippen molar-refractivity contribution in [1.29, 1.82) is 0 Å². The summed E-state index contributed by atoms with van der Waals surface area (Å²) < 4.78 is 53.7. The molecule has 0 radical (unpaired) electrons. The third kappa shape index (κ3) is 7.11. The molecule has 2 aromatic carbocycles. The van der Waals surface area contributed by atoms with Gasteiger partial charge in [-0.05, 0) is 48.4 Å². The first-order valence-electron chi connectivity index (χ1n) is 10.7. The molecule has 0 aliphatic carbocycles. The molecule has 8 nitrogen and oxygen atoms in total. The average Bonchev–Trinajstić information content (AvgIpc) is 3.22. The Morgan fingerprint density at radius 3 is 2.36 bits per heavy atom. The first-order chi connectivity index (χ1) is 17.1. The minimum atomic E-state index is -4.79. The lowest BCUT2D eigenvalue weighted by Crippen LogP contribution is -2.24. The molecule has 0 atom stereocenters. The molecule has 36 heavy (non-hydrogen) atoms. The summed E-state index contributed by atoms with van der Waals surface area (Å²) in [6.45, 7) is 2.21. The molecular weight excluding hydrogens is 499 g/mol. The Labute approximate surface area is 209 Å². The van der Waals surface area contributed by atoms with Crippen molar-refractivity contribution < 1.29 is 37.0 Å². The predicted molar refractivity (Wildman–Crippen MR) is 127 cm³/mol. The minimum absolute atomic E-state index is 0.169. The number of methoxy groups -OCH3 is 2. The van der Waals surface area contributed by atoms with Crippen molar-refractivity contribution in [2.24, 2.45) is 4.99 Å². The van der Waals surface area contributed by atoms with Crippen LogP contribution in [0.25, 0.3) is 11.3 Å². The van der Waals surface area contributed by atoms with E-state index in [1.165, 1.54) is 56.7 Å². The Morgan fingerprint density at radius 1 is 1.06 bits per heavy atom. The van der Waals surface area contributed by atoms with Crippen LogP contribution in [0.4, 0.5) is 13.2 Å². The van der Waals surface area contributed by atoms with Crippen molar-refractivity contribution in [1.82, 2.24) is 9.88 Å². The number of rotatable bonds is 9. The minimum Gasteiger partial charge on any atom is -0.497 e. The number of amides is 2. The summed E-state index contributed by atoms with van der Waals surface area (Å²) in [7, 11) is 2.93. The standard InChI is InChI=1S/C24H24F3N3O5S/c1-15(31)28-11-4-12-30-20(16-5-7-17(8-6-16)35-24(25,26)27)14-36-23(30)29-22(32)19-10-9-18(33-2)13-21(19)34-3/h5-10,13-14H,4,11-12H2,1-3H3,(H,28,31). The van der Waals surface area contributed by atoms with Gasteiger partial charge in [-0.25, -0.2) is 0 Å². The van der Waals surface area contributed by atoms with E-state index in [2.05, 4.69) is 15.0 Å². The Bertz CT molecular complexity index is 1280. The number of aromatic nitrogens is 1. The zero-order valence-electron chi connectivity index (χ0n) is 19.7. The number of hydrogen-bond acceptors (Lipinski definition) is 6.